The van der Waals surface area contributed by atoms with Crippen LogP contribution in [-0.4, -0.2) is 0 Å². The molecule has 0 spiro atoms. The van der Waals surface area contributed by atoms with E-state index in [0.29, 0.717) is 0 Å². The fraction of sp³-hybridized carbons (Fsp3) is 0. The van der Waals surface area contributed by atoms with E-state index in [1.165, 1.54) is 53.0 Å². The summed E-state index contributed by atoms with van der Waals surface area (Å²) < 4.78 is 0. The van der Waals surface area contributed by atoms with Gasteiger partial charge in [-0.05, 0) is 81.9 Å². The van der Waals surface area contributed by atoms with Crippen LogP contribution in [0.5, 0.6) is 0 Å². The molecule has 0 N–H and O–H groups in total. The highest BCUT2D eigenvalue weighted by molar-refractivity contribution is 7.99. The van der Waals surface area contributed by atoms with E-state index in [2.05, 4.69) is 158 Å². The summed E-state index contributed by atoms with van der Waals surface area (Å²) in [6.45, 7) is 0. The Bertz CT molecular complexity index is 1600. The van der Waals surface area contributed by atoms with Gasteiger partial charge < -0.3 is 0 Å². The van der Waals surface area contributed by atoms with Crippen LogP contribution >= 0.6 is 23.5 Å². The summed E-state index contributed by atoms with van der Waals surface area (Å²) in [5, 5.41) is 0. The predicted octanol–water partition coefficient (Wildman–Crippen LogP) is 11.0. The van der Waals surface area contributed by atoms with Gasteiger partial charge in [0.2, 0.25) is 0 Å². The van der Waals surface area contributed by atoms with Gasteiger partial charge in [-0.15, -0.1) is 0 Å². The number of hydrogen-bond acceptors (Lipinski definition) is 2. The van der Waals surface area contributed by atoms with Gasteiger partial charge in [0, 0.05) is 19.6 Å². The fourth-order valence-electron chi connectivity index (χ4n) is 4.50. The van der Waals surface area contributed by atoms with E-state index in [1.807, 2.05) is 0 Å². The van der Waals surface area contributed by atoms with Gasteiger partial charge in [0.05, 0.1) is 0 Å². The third-order valence-corrected chi connectivity index (χ3v) is 8.47. The van der Waals surface area contributed by atoms with Crippen LogP contribution in [-0.2, 0) is 0 Å². The van der Waals surface area contributed by atoms with Crippen LogP contribution in [0.4, 0.5) is 0 Å². The summed E-state index contributed by atoms with van der Waals surface area (Å²) in [5.74, 6) is 0. The molecule has 182 valence electrons. The summed E-state index contributed by atoms with van der Waals surface area (Å²) in [4.78, 5) is 4.97. The Labute approximate surface area is 233 Å². The lowest BCUT2D eigenvalue weighted by atomic mass is 9.95. The lowest BCUT2D eigenvalue weighted by Crippen LogP contribution is -1.85. The molecule has 6 aromatic carbocycles. The highest BCUT2D eigenvalue weighted by Crippen LogP contribution is 2.36. The Kier molecular flexibility index (Phi) is 7.44. The van der Waals surface area contributed by atoms with Crippen molar-refractivity contribution in [2.75, 3.05) is 0 Å². The van der Waals surface area contributed by atoms with E-state index in [0.717, 1.165) is 0 Å². The van der Waals surface area contributed by atoms with Gasteiger partial charge >= 0.3 is 0 Å². The summed E-state index contributed by atoms with van der Waals surface area (Å²) in [6, 6.07) is 56.3. The van der Waals surface area contributed by atoms with Crippen LogP contribution in [0.25, 0.3) is 33.4 Å². The highest BCUT2D eigenvalue weighted by Gasteiger charge is 2.07. The molecular formula is C36H26S2. The molecule has 0 radical (unpaired) electrons. The molecule has 6 aromatic rings. The minimum absolute atomic E-state index is 1.24. The smallest absolute Gasteiger partial charge is 0.0123 e. The summed E-state index contributed by atoms with van der Waals surface area (Å²) >= 11 is 3.59. The topological polar surface area (TPSA) is 0 Å². The van der Waals surface area contributed by atoms with E-state index in [9.17, 15) is 0 Å². The zero-order valence-corrected chi connectivity index (χ0v) is 22.5. The molecule has 0 heterocycles. The zero-order valence-electron chi connectivity index (χ0n) is 20.8. The van der Waals surface area contributed by atoms with Gasteiger partial charge in [-0.3, -0.25) is 0 Å². The molecule has 0 amide bonds. The molecule has 0 bridgehead atoms. The van der Waals surface area contributed by atoms with Crippen LogP contribution in [0, 0.1) is 0 Å². The van der Waals surface area contributed by atoms with Crippen LogP contribution in [0.1, 0.15) is 0 Å². The number of rotatable bonds is 7. The molecule has 0 aliphatic rings. The van der Waals surface area contributed by atoms with E-state index in [1.54, 1.807) is 23.5 Å². The SMILES string of the molecule is c1ccc(-c2ccc(Sc3ccc(Sc4ccc(-c5ccccc5-c5ccccc5)cc4)cc3)cc2)cc1. The van der Waals surface area contributed by atoms with E-state index >= 15 is 0 Å². The maximum atomic E-state index is 2.23. The monoisotopic (exact) mass is 522 g/mol. The van der Waals surface area contributed by atoms with Crippen molar-refractivity contribution in [3.8, 4) is 33.4 Å². The van der Waals surface area contributed by atoms with Crippen molar-refractivity contribution >= 4 is 23.5 Å². The first-order chi connectivity index (χ1) is 18.8. The van der Waals surface area contributed by atoms with Crippen LogP contribution in [0.3, 0.4) is 0 Å². The van der Waals surface area contributed by atoms with Crippen LogP contribution in [0.15, 0.2) is 177 Å². The molecule has 0 atom stereocenters. The molecule has 0 aliphatic carbocycles. The highest BCUT2D eigenvalue weighted by atomic mass is 32.2. The van der Waals surface area contributed by atoms with Crippen LogP contribution < -0.4 is 0 Å². The standard InChI is InChI=1S/C36H26S2/c1-3-9-27(10-4-1)28-15-19-31(20-16-28)37-33-23-25-34(26-24-33)38-32-21-17-30(18-22-32)36-14-8-7-13-35(36)29-11-5-2-6-12-29/h1-26H. The van der Waals surface area contributed by atoms with Crippen LogP contribution in [0.2, 0.25) is 0 Å². The van der Waals surface area contributed by atoms with Gasteiger partial charge in [0.1, 0.15) is 0 Å². The molecule has 0 aliphatic heterocycles. The van der Waals surface area contributed by atoms with Gasteiger partial charge in [0.25, 0.3) is 0 Å². The van der Waals surface area contributed by atoms with Crippen molar-refractivity contribution in [1.82, 2.24) is 0 Å². The molecular weight excluding hydrogens is 497 g/mol. The normalized spacial score (nSPS) is 10.8. The lowest BCUT2D eigenvalue weighted by Gasteiger charge is -2.11. The zero-order chi connectivity index (χ0) is 25.6. The third kappa shape index (κ3) is 5.78. The largest absolute Gasteiger partial charge is 0.0901 e. The fourth-order valence-corrected chi connectivity index (χ4v) is 6.13. The van der Waals surface area contributed by atoms with E-state index in [-0.39, 0.29) is 0 Å². The summed E-state index contributed by atoms with van der Waals surface area (Å²) in [7, 11) is 0. The second kappa shape index (κ2) is 11.6. The lowest BCUT2D eigenvalue weighted by molar-refractivity contribution is 1.33. The first-order valence-corrected chi connectivity index (χ1v) is 14.3. The molecule has 0 nitrogen and oxygen atoms in total. The van der Waals surface area contributed by atoms with Crippen molar-refractivity contribution in [2.24, 2.45) is 0 Å². The maximum absolute atomic E-state index is 2.23. The second-order valence-electron chi connectivity index (χ2n) is 9.00. The Morgan fingerprint density at radius 1 is 0.237 bits per heavy atom. The average molecular weight is 523 g/mol. The number of hydrogen-bond donors (Lipinski definition) is 0. The molecule has 6 rings (SSSR count). The minimum atomic E-state index is 1.24. The van der Waals surface area contributed by atoms with Crippen molar-refractivity contribution in [3.63, 3.8) is 0 Å². The van der Waals surface area contributed by atoms with Crippen molar-refractivity contribution in [1.29, 1.82) is 0 Å². The Morgan fingerprint density at radius 3 is 0.974 bits per heavy atom. The first kappa shape index (κ1) is 24.4. The molecule has 0 unspecified atom stereocenters. The number of benzene rings is 6. The maximum Gasteiger partial charge on any atom is 0.0123 e. The Morgan fingerprint density at radius 2 is 0.526 bits per heavy atom. The van der Waals surface area contributed by atoms with E-state index < -0.39 is 0 Å². The van der Waals surface area contributed by atoms with Crippen molar-refractivity contribution in [3.05, 3.63) is 158 Å². The quantitative estimate of drug-likeness (QED) is 0.204. The van der Waals surface area contributed by atoms with Gasteiger partial charge in [-0.25, -0.2) is 0 Å². The molecule has 0 saturated heterocycles. The van der Waals surface area contributed by atoms with E-state index in [4.69, 9.17) is 0 Å². The van der Waals surface area contributed by atoms with Gasteiger partial charge in [-0.2, -0.15) is 0 Å². The Balaban J connectivity index is 1.12. The molecule has 2 heteroatoms. The second-order valence-corrected chi connectivity index (χ2v) is 11.3. The van der Waals surface area contributed by atoms with Gasteiger partial charge in [0.15, 0.2) is 0 Å². The van der Waals surface area contributed by atoms with Gasteiger partial charge in [-0.1, -0.05) is 133 Å². The predicted molar refractivity (Wildman–Crippen MR) is 164 cm³/mol. The van der Waals surface area contributed by atoms with Crippen molar-refractivity contribution in [2.45, 2.75) is 19.6 Å². The minimum Gasteiger partial charge on any atom is -0.0901 e. The molecule has 0 aromatic heterocycles. The van der Waals surface area contributed by atoms with Crippen molar-refractivity contribution < 1.29 is 0 Å². The first-order valence-electron chi connectivity index (χ1n) is 12.7. The summed E-state index contributed by atoms with van der Waals surface area (Å²) in [5.41, 5.74) is 7.49. The summed E-state index contributed by atoms with van der Waals surface area (Å²) in [6.07, 6.45) is 0. The molecule has 38 heavy (non-hydrogen) atoms. The molecule has 0 saturated carbocycles. The third-order valence-electron chi connectivity index (χ3n) is 6.43. The average Bonchev–Trinajstić information content (AvgIpc) is 3.00. The molecule has 0 fully saturated rings. The Hall–Kier alpha value is -3.98.